The first-order valence-corrected chi connectivity index (χ1v) is 6.93. The van der Waals surface area contributed by atoms with Gasteiger partial charge < -0.3 is 0 Å². The lowest BCUT2D eigenvalue weighted by Gasteiger charge is -2.60. The molecule has 1 aromatic rings. The molecule has 6 heteroatoms. The number of hydrogen-bond donors (Lipinski definition) is 0. The maximum Gasteiger partial charge on any atom is 0.217 e. The van der Waals surface area contributed by atoms with E-state index >= 15 is 0 Å². The Morgan fingerprint density at radius 1 is 1.00 bits per heavy atom. The highest BCUT2D eigenvalue weighted by Gasteiger charge is 2.49. The minimum atomic E-state index is -0.297. The van der Waals surface area contributed by atoms with E-state index in [0.717, 1.165) is 44.5 Å². The van der Waals surface area contributed by atoms with Crippen molar-refractivity contribution in [1.29, 1.82) is 0 Å². The molecule has 106 valence electrons. The molecular formula is C14H18FN4O+. The van der Waals surface area contributed by atoms with Gasteiger partial charge in [0, 0.05) is 5.56 Å². The molecule has 0 radical (unpaired) electrons. The second kappa shape index (κ2) is 4.33. The third-order valence-electron chi connectivity index (χ3n) is 4.35. The van der Waals surface area contributed by atoms with E-state index in [9.17, 15) is 9.18 Å². The molecule has 1 aromatic carbocycles. The van der Waals surface area contributed by atoms with E-state index in [4.69, 9.17) is 0 Å². The minimum Gasteiger partial charge on any atom is -0.288 e. The fraction of sp³-hybridized carbons (Fsp3) is 0.500. The lowest BCUT2D eigenvalue weighted by Crippen LogP contribution is -2.79. The van der Waals surface area contributed by atoms with E-state index in [-0.39, 0.29) is 11.6 Å². The van der Waals surface area contributed by atoms with Crippen molar-refractivity contribution in [3.8, 4) is 0 Å². The first-order chi connectivity index (χ1) is 9.62. The van der Waals surface area contributed by atoms with Crippen molar-refractivity contribution in [2.45, 2.75) is 0 Å². The van der Waals surface area contributed by atoms with Crippen LogP contribution in [0.5, 0.6) is 0 Å². The maximum atomic E-state index is 12.9. The van der Waals surface area contributed by atoms with Crippen molar-refractivity contribution in [1.82, 2.24) is 14.7 Å². The van der Waals surface area contributed by atoms with Crippen LogP contribution in [0.3, 0.4) is 0 Å². The number of rotatable bonds is 3. The van der Waals surface area contributed by atoms with Gasteiger partial charge in [-0.25, -0.2) is 19.1 Å². The Balaban J connectivity index is 1.53. The third kappa shape index (κ3) is 2.05. The monoisotopic (exact) mass is 277 g/mol. The summed E-state index contributed by atoms with van der Waals surface area (Å²) in [5.41, 5.74) is 0.611. The normalized spacial score (nSPS) is 38.1. The van der Waals surface area contributed by atoms with E-state index in [1.54, 1.807) is 12.1 Å². The van der Waals surface area contributed by atoms with Crippen LogP contribution >= 0.6 is 0 Å². The predicted molar refractivity (Wildman–Crippen MR) is 70.6 cm³/mol. The first-order valence-electron chi connectivity index (χ1n) is 6.93. The van der Waals surface area contributed by atoms with Gasteiger partial charge in [-0.3, -0.25) is 9.28 Å². The van der Waals surface area contributed by atoms with Crippen molar-refractivity contribution in [2.24, 2.45) is 0 Å². The fourth-order valence-electron chi connectivity index (χ4n) is 3.84. The number of carbonyl (C=O) groups excluding carboxylic acids is 1. The second-order valence-corrected chi connectivity index (χ2v) is 6.29. The molecule has 0 unspecified atom stereocenters. The van der Waals surface area contributed by atoms with Gasteiger partial charge in [-0.1, -0.05) is 0 Å². The van der Waals surface area contributed by atoms with Gasteiger partial charge >= 0.3 is 0 Å². The van der Waals surface area contributed by atoms with Gasteiger partial charge in [-0.15, -0.1) is 0 Å². The van der Waals surface area contributed by atoms with Crippen LogP contribution < -0.4 is 0 Å². The zero-order valence-corrected chi connectivity index (χ0v) is 11.3. The number of carbonyl (C=O) groups is 1. The lowest BCUT2D eigenvalue weighted by molar-refractivity contribution is -0.973. The Labute approximate surface area is 117 Å². The quantitative estimate of drug-likeness (QED) is 0.594. The van der Waals surface area contributed by atoms with Gasteiger partial charge in [0.15, 0.2) is 0 Å². The number of Topliss-reactive ketones (excluding diaryl/α,β-unsaturated/α-hetero) is 1. The van der Waals surface area contributed by atoms with Crippen LogP contribution in [0.1, 0.15) is 10.4 Å². The standard InChI is InChI=1S/C14H18FN4O/c15-13-3-1-12(2-4-13)14(20)5-19-9-16-6-17(10-19)8-18(7-16)11-19/h1-4H,5-11H2/q+1. The smallest absolute Gasteiger partial charge is 0.217 e. The first kappa shape index (κ1) is 12.4. The van der Waals surface area contributed by atoms with Crippen molar-refractivity contribution >= 4 is 5.78 Å². The summed E-state index contributed by atoms with van der Waals surface area (Å²) >= 11 is 0. The van der Waals surface area contributed by atoms with E-state index in [1.165, 1.54) is 12.1 Å². The summed E-state index contributed by atoms with van der Waals surface area (Å²) in [6.45, 7) is 6.37. The second-order valence-electron chi connectivity index (χ2n) is 6.29. The van der Waals surface area contributed by atoms with Crippen molar-refractivity contribution in [3.63, 3.8) is 0 Å². The third-order valence-corrected chi connectivity index (χ3v) is 4.35. The fourth-order valence-corrected chi connectivity index (χ4v) is 3.84. The molecule has 4 bridgehead atoms. The van der Waals surface area contributed by atoms with Crippen LogP contribution in [0.4, 0.5) is 4.39 Å². The van der Waals surface area contributed by atoms with Crippen molar-refractivity contribution in [2.75, 3.05) is 46.6 Å². The van der Waals surface area contributed by atoms with E-state index < -0.39 is 0 Å². The molecule has 4 aliphatic rings. The average Bonchev–Trinajstić information content (AvgIpc) is 2.37. The molecule has 4 heterocycles. The summed E-state index contributed by atoms with van der Waals surface area (Å²) in [5.74, 6) is -0.190. The summed E-state index contributed by atoms with van der Waals surface area (Å²) in [6, 6.07) is 5.89. The molecule has 0 aliphatic carbocycles. The zero-order valence-electron chi connectivity index (χ0n) is 11.3. The maximum absolute atomic E-state index is 12.9. The average molecular weight is 277 g/mol. The Morgan fingerprint density at radius 2 is 1.50 bits per heavy atom. The molecule has 5 nitrogen and oxygen atoms in total. The van der Waals surface area contributed by atoms with Crippen LogP contribution in [-0.4, -0.2) is 71.5 Å². The molecule has 4 fully saturated rings. The number of ketones is 1. The highest BCUT2D eigenvalue weighted by atomic mass is 19.1. The summed E-state index contributed by atoms with van der Waals surface area (Å²) in [6.07, 6.45) is 0. The molecule has 5 rings (SSSR count). The van der Waals surface area contributed by atoms with Gasteiger partial charge in [0.05, 0.1) is 20.0 Å². The van der Waals surface area contributed by atoms with Crippen molar-refractivity contribution in [3.05, 3.63) is 35.6 Å². The largest absolute Gasteiger partial charge is 0.288 e. The van der Waals surface area contributed by atoms with Gasteiger partial charge in [0.1, 0.15) is 32.4 Å². The number of nitrogens with zero attached hydrogens (tertiary/aromatic N) is 4. The number of hydrogen-bond acceptors (Lipinski definition) is 4. The molecule has 0 spiro atoms. The van der Waals surface area contributed by atoms with Crippen LogP contribution in [0, 0.1) is 5.82 Å². The molecule has 0 amide bonds. The summed E-state index contributed by atoms with van der Waals surface area (Å²) in [7, 11) is 0. The van der Waals surface area contributed by atoms with Gasteiger partial charge in [-0.05, 0) is 24.3 Å². The molecule has 4 saturated heterocycles. The van der Waals surface area contributed by atoms with E-state index in [2.05, 4.69) is 14.7 Å². The molecule has 20 heavy (non-hydrogen) atoms. The topological polar surface area (TPSA) is 26.8 Å². The van der Waals surface area contributed by atoms with Crippen LogP contribution in [0.2, 0.25) is 0 Å². The van der Waals surface area contributed by atoms with Crippen molar-refractivity contribution < 1.29 is 13.7 Å². The van der Waals surface area contributed by atoms with Crippen LogP contribution in [-0.2, 0) is 0 Å². The molecule has 0 aromatic heterocycles. The molecule has 0 atom stereocenters. The predicted octanol–water partition coefficient (Wildman–Crippen LogP) is 0.517. The summed E-state index contributed by atoms with van der Waals surface area (Å²) in [5, 5.41) is 0. The van der Waals surface area contributed by atoms with E-state index in [1.807, 2.05) is 0 Å². The van der Waals surface area contributed by atoms with Crippen LogP contribution in [0.15, 0.2) is 24.3 Å². The zero-order chi connectivity index (χ0) is 13.7. The minimum absolute atomic E-state index is 0.107. The Morgan fingerprint density at radius 3 is 2.00 bits per heavy atom. The Hall–Kier alpha value is -1.34. The van der Waals surface area contributed by atoms with Crippen LogP contribution in [0.25, 0.3) is 0 Å². The lowest BCUT2D eigenvalue weighted by atomic mass is 10.1. The molecule has 0 N–H and O–H groups in total. The molecular weight excluding hydrogens is 259 g/mol. The number of quaternary nitrogens is 1. The van der Waals surface area contributed by atoms with Gasteiger partial charge in [0.2, 0.25) is 5.78 Å². The van der Waals surface area contributed by atoms with E-state index in [0.29, 0.717) is 12.1 Å². The van der Waals surface area contributed by atoms with Gasteiger partial charge in [0.25, 0.3) is 0 Å². The highest BCUT2D eigenvalue weighted by Crippen LogP contribution is 2.28. The molecule has 4 aliphatic heterocycles. The summed E-state index contributed by atoms with van der Waals surface area (Å²) in [4.78, 5) is 19.6. The Kier molecular flexibility index (Phi) is 2.68. The van der Waals surface area contributed by atoms with Gasteiger partial charge in [-0.2, -0.15) is 0 Å². The highest BCUT2D eigenvalue weighted by molar-refractivity contribution is 5.96. The SMILES string of the molecule is O=C(C[N+]12CN3CN(CN(C3)C1)C2)c1ccc(F)cc1. The number of halogens is 1. The number of benzene rings is 1. The molecule has 0 saturated carbocycles. The Bertz CT molecular complexity index is 509. The summed E-state index contributed by atoms with van der Waals surface area (Å²) < 4.78 is 13.7.